The van der Waals surface area contributed by atoms with Crippen molar-refractivity contribution in [1.82, 2.24) is 4.90 Å². The Morgan fingerprint density at radius 1 is 1.32 bits per heavy atom. The zero-order chi connectivity index (χ0) is 13.0. The molecule has 1 heterocycles. The van der Waals surface area contributed by atoms with Crippen LogP contribution in [0.2, 0.25) is 0 Å². The van der Waals surface area contributed by atoms with E-state index in [1.807, 2.05) is 0 Å². The van der Waals surface area contributed by atoms with Gasteiger partial charge in [0.15, 0.2) is 6.61 Å². The summed E-state index contributed by atoms with van der Waals surface area (Å²) in [6, 6.07) is 5.83. The molecular formula is C13H18ClFN2O2. The highest BCUT2D eigenvalue weighted by atomic mass is 35.5. The van der Waals surface area contributed by atoms with Crippen LogP contribution in [0.4, 0.5) is 4.39 Å². The average Bonchev–Trinajstić information content (AvgIpc) is 2.38. The van der Waals surface area contributed by atoms with Crippen LogP contribution in [-0.4, -0.2) is 36.5 Å². The maximum Gasteiger partial charge on any atom is 0.260 e. The number of nitrogens with two attached hydrogens (primary N) is 1. The van der Waals surface area contributed by atoms with Gasteiger partial charge in [-0.1, -0.05) is 0 Å². The van der Waals surface area contributed by atoms with Gasteiger partial charge in [0, 0.05) is 19.1 Å². The van der Waals surface area contributed by atoms with Gasteiger partial charge < -0.3 is 15.4 Å². The fourth-order valence-corrected chi connectivity index (χ4v) is 1.92. The lowest BCUT2D eigenvalue weighted by atomic mass is 10.1. The van der Waals surface area contributed by atoms with Crippen molar-refractivity contribution < 1.29 is 13.9 Å². The largest absolute Gasteiger partial charge is 0.484 e. The third-order valence-electron chi connectivity index (χ3n) is 3.07. The molecule has 4 nitrogen and oxygen atoms in total. The molecular weight excluding hydrogens is 271 g/mol. The summed E-state index contributed by atoms with van der Waals surface area (Å²) >= 11 is 0. The lowest BCUT2D eigenvalue weighted by molar-refractivity contribution is -0.134. The van der Waals surface area contributed by atoms with Crippen LogP contribution in [0.3, 0.4) is 0 Å². The molecule has 2 N–H and O–H groups in total. The Kier molecular flexibility index (Phi) is 6.05. The molecule has 0 aromatic heterocycles. The predicted octanol–water partition coefficient (Wildman–Crippen LogP) is 1.58. The SMILES string of the molecule is Cl.NC1CCN(C(=O)COc2ccc(F)cc2)CC1. The molecule has 19 heavy (non-hydrogen) atoms. The van der Waals surface area contributed by atoms with Gasteiger partial charge in [0.2, 0.25) is 0 Å². The van der Waals surface area contributed by atoms with Crippen LogP contribution in [0.5, 0.6) is 5.75 Å². The van der Waals surface area contributed by atoms with Crippen LogP contribution in [0.15, 0.2) is 24.3 Å². The summed E-state index contributed by atoms with van der Waals surface area (Å²) in [7, 11) is 0. The van der Waals surface area contributed by atoms with Crippen molar-refractivity contribution in [2.45, 2.75) is 18.9 Å². The van der Waals surface area contributed by atoms with Gasteiger partial charge in [-0.3, -0.25) is 4.79 Å². The molecule has 1 aliphatic heterocycles. The first-order valence-corrected chi connectivity index (χ1v) is 6.07. The van der Waals surface area contributed by atoms with Crippen LogP contribution in [-0.2, 0) is 4.79 Å². The van der Waals surface area contributed by atoms with E-state index in [9.17, 15) is 9.18 Å². The molecule has 0 atom stereocenters. The van der Waals surface area contributed by atoms with Crippen LogP contribution in [0.25, 0.3) is 0 Å². The summed E-state index contributed by atoms with van der Waals surface area (Å²) in [5.74, 6) is 0.128. The fourth-order valence-electron chi connectivity index (χ4n) is 1.92. The molecule has 1 aliphatic rings. The molecule has 106 valence electrons. The van der Waals surface area contributed by atoms with Gasteiger partial charge in [0.1, 0.15) is 11.6 Å². The highest BCUT2D eigenvalue weighted by molar-refractivity contribution is 5.85. The summed E-state index contributed by atoms with van der Waals surface area (Å²) in [6.45, 7) is 1.36. The first-order chi connectivity index (χ1) is 8.65. The van der Waals surface area contributed by atoms with Crippen molar-refractivity contribution in [3.8, 4) is 5.75 Å². The molecule has 2 rings (SSSR count). The molecule has 0 spiro atoms. The van der Waals surface area contributed by atoms with Gasteiger partial charge in [-0.25, -0.2) is 4.39 Å². The van der Waals surface area contributed by atoms with Crippen molar-refractivity contribution in [3.05, 3.63) is 30.1 Å². The van der Waals surface area contributed by atoms with Crippen LogP contribution >= 0.6 is 12.4 Å². The fraction of sp³-hybridized carbons (Fsp3) is 0.462. The Labute approximate surface area is 118 Å². The standard InChI is InChI=1S/C13H17FN2O2.ClH/c14-10-1-3-12(4-2-10)18-9-13(17)16-7-5-11(15)6-8-16;/h1-4,11H,5-9,15H2;1H. The topological polar surface area (TPSA) is 55.6 Å². The van der Waals surface area contributed by atoms with E-state index in [1.54, 1.807) is 4.90 Å². The molecule has 0 aliphatic carbocycles. The number of ether oxygens (including phenoxy) is 1. The number of likely N-dealkylation sites (tertiary alicyclic amines) is 1. The Balaban J connectivity index is 0.00000180. The van der Waals surface area contributed by atoms with E-state index in [4.69, 9.17) is 10.5 Å². The van der Waals surface area contributed by atoms with E-state index in [-0.39, 0.29) is 36.8 Å². The number of halogens is 2. The maximum absolute atomic E-state index is 12.7. The van der Waals surface area contributed by atoms with E-state index in [2.05, 4.69) is 0 Å². The molecule has 0 bridgehead atoms. The summed E-state index contributed by atoms with van der Waals surface area (Å²) in [5, 5.41) is 0. The molecule has 0 saturated carbocycles. The molecule has 1 aromatic carbocycles. The van der Waals surface area contributed by atoms with Gasteiger partial charge in [0.25, 0.3) is 5.91 Å². The van der Waals surface area contributed by atoms with Gasteiger partial charge in [-0.05, 0) is 37.1 Å². The monoisotopic (exact) mass is 288 g/mol. The van der Waals surface area contributed by atoms with E-state index in [1.165, 1.54) is 24.3 Å². The number of rotatable bonds is 3. The van der Waals surface area contributed by atoms with E-state index < -0.39 is 0 Å². The van der Waals surface area contributed by atoms with Crippen molar-refractivity contribution in [2.24, 2.45) is 5.73 Å². The summed E-state index contributed by atoms with van der Waals surface area (Å²) < 4.78 is 18.0. The van der Waals surface area contributed by atoms with E-state index in [0.717, 1.165) is 12.8 Å². The number of amides is 1. The maximum atomic E-state index is 12.7. The lowest BCUT2D eigenvalue weighted by Crippen LogP contribution is -2.44. The zero-order valence-electron chi connectivity index (χ0n) is 10.5. The first-order valence-electron chi connectivity index (χ1n) is 6.07. The smallest absolute Gasteiger partial charge is 0.260 e. The van der Waals surface area contributed by atoms with Crippen molar-refractivity contribution in [3.63, 3.8) is 0 Å². The number of hydrogen-bond acceptors (Lipinski definition) is 3. The molecule has 1 amide bonds. The number of hydrogen-bond donors (Lipinski definition) is 1. The minimum absolute atomic E-state index is 0. The Hall–Kier alpha value is -1.33. The molecule has 1 saturated heterocycles. The highest BCUT2D eigenvalue weighted by Crippen LogP contribution is 2.12. The van der Waals surface area contributed by atoms with E-state index in [0.29, 0.717) is 18.8 Å². The van der Waals surface area contributed by atoms with Gasteiger partial charge in [-0.15, -0.1) is 12.4 Å². The quantitative estimate of drug-likeness (QED) is 0.919. The van der Waals surface area contributed by atoms with Crippen molar-refractivity contribution in [1.29, 1.82) is 0 Å². The molecule has 1 aromatic rings. The summed E-state index contributed by atoms with van der Waals surface area (Å²) in [4.78, 5) is 13.6. The number of carbonyl (C=O) groups is 1. The summed E-state index contributed by atoms with van der Waals surface area (Å²) in [6.07, 6.45) is 1.67. The van der Waals surface area contributed by atoms with Crippen LogP contribution in [0.1, 0.15) is 12.8 Å². The Morgan fingerprint density at radius 2 is 1.89 bits per heavy atom. The number of nitrogens with zero attached hydrogens (tertiary/aromatic N) is 1. The van der Waals surface area contributed by atoms with Gasteiger partial charge >= 0.3 is 0 Å². The lowest BCUT2D eigenvalue weighted by Gasteiger charge is -2.30. The summed E-state index contributed by atoms with van der Waals surface area (Å²) in [5.41, 5.74) is 5.77. The number of carbonyl (C=O) groups excluding carboxylic acids is 1. The first kappa shape index (κ1) is 15.7. The van der Waals surface area contributed by atoms with Gasteiger partial charge in [0.05, 0.1) is 0 Å². The zero-order valence-corrected chi connectivity index (χ0v) is 11.4. The van der Waals surface area contributed by atoms with Crippen molar-refractivity contribution >= 4 is 18.3 Å². The third-order valence-corrected chi connectivity index (χ3v) is 3.07. The second-order valence-electron chi connectivity index (χ2n) is 4.46. The molecule has 0 radical (unpaired) electrons. The second-order valence-corrected chi connectivity index (χ2v) is 4.46. The normalized spacial score (nSPS) is 15.8. The molecule has 1 fully saturated rings. The predicted molar refractivity (Wildman–Crippen MR) is 72.9 cm³/mol. The number of piperidine rings is 1. The Bertz CT molecular complexity index is 406. The van der Waals surface area contributed by atoms with Crippen molar-refractivity contribution in [2.75, 3.05) is 19.7 Å². The number of benzene rings is 1. The molecule has 6 heteroatoms. The van der Waals surface area contributed by atoms with Gasteiger partial charge in [-0.2, -0.15) is 0 Å². The van der Waals surface area contributed by atoms with E-state index >= 15 is 0 Å². The minimum atomic E-state index is -0.321. The third kappa shape index (κ3) is 4.69. The molecule has 0 unspecified atom stereocenters. The van der Waals surface area contributed by atoms with Crippen LogP contribution < -0.4 is 10.5 Å². The Morgan fingerprint density at radius 3 is 2.47 bits per heavy atom. The van der Waals surface area contributed by atoms with Crippen LogP contribution in [0, 0.1) is 5.82 Å². The average molecular weight is 289 g/mol. The second kappa shape index (κ2) is 7.31. The highest BCUT2D eigenvalue weighted by Gasteiger charge is 2.20. The minimum Gasteiger partial charge on any atom is -0.484 e.